The number of halogens is 2. The highest BCUT2D eigenvalue weighted by Crippen LogP contribution is 2.28. The molecular weight excluding hydrogens is 358 g/mol. The van der Waals surface area contributed by atoms with Crippen molar-refractivity contribution in [3.63, 3.8) is 0 Å². The van der Waals surface area contributed by atoms with Crippen molar-refractivity contribution in [2.24, 2.45) is 5.73 Å². The van der Waals surface area contributed by atoms with Gasteiger partial charge in [0, 0.05) is 36.4 Å². The summed E-state index contributed by atoms with van der Waals surface area (Å²) >= 11 is 0.947. The summed E-state index contributed by atoms with van der Waals surface area (Å²) in [5.41, 5.74) is 5.92. The highest BCUT2D eigenvalue weighted by Gasteiger charge is 2.26. The van der Waals surface area contributed by atoms with Crippen molar-refractivity contribution in [2.45, 2.75) is 0 Å². The van der Waals surface area contributed by atoms with Crippen molar-refractivity contribution >= 4 is 33.0 Å². The fourth-order valence-electron chi connectivity index (χ4n) is 2.22. The van der Waals surface area contributed by atoms with Gasteiger partial charge >= 0.3 is 0 Å². The molecule has 0 atom stereocenters. The Balaban J connectivity index is 2.13. The predicted molar refractivity (Wildman–Crippen MR) is 91.2 cm³/mol. The number of anilines is 2. The van der Waals surface area contributed by atoms with E-state index in [1.54, 1.807) is 0 Å². The molecule has 3 N–H and O–H groups in total. The van der Waals surface area contributed by atoms with Gasteiger partial charge in [0.05, 0.1) is 11.5 Å². The van der Waals surface area contributed by atoms with Gasteiger partial charge in [-0.25, -0.2) is 17.2 Å². The minimum absolute atomic E-state index is 0.0567. The van der Waals surface area contributed by atoms with Gasteiger partial charge in [-0.05, 0) is 23.9 Å². The molecule has 130 valence electrons. The van der Waals surface area contributed by atoms with Gasteiger partial charge in [0.1, 0.15) is 11.1 Å². The van der Waals surface area contributed by atoms with Crippen LogP contribution in [0.15, 0.2) is 24.0 Å². The van der Waals surface area contributed by atoms with Crippen LogP contribution in [0.4, 0.5) is 20.2 Å². The maximum atomic E-state index is 14.2. The van der Waals surface area contributed by atoms with Crippen LogP contribution in [-0.2, 0) is 9.84 Å². The Morgan fingerprint density at radius 2 is 1.96 bits per heavy atom. The number of benzene rings is 1. The van der Waals surface area contributed by atoms with Crippen LogP contribution in [-0.4, -0.2) is 38.8 Å². The number of hydrogen-bond acceptors (Lipinski definition) is 7. The second-order valence-corrected chi connectivity index (χ2v) is 8.23. The quantitative estimate of drug-likeness (QED) is 0.756. The van der Waals surface area contributed by atoms with E-state index in [1.165, 1.54) is 11.1 Å². The molecule has 1 aliphatic rings. The normalized spacial score (nSPS) is 17.4. The molecule has 0 amide bonds. The summed E-state index contributed by atoms with van der Waals surface area (Å²) in [6.07, 6.45) is 1.37. The molecule has 1 fully saturated rings. The van der Waals surface area contributed by atoms with Gasteiger partial charge in [-0.3, -0.25) is 0 Å². The summed E-state index contributed by atoms with van der Waals surface area (Å²) in [5.74, 6) is -1.54. The molecule has 0 saturated carbocycles. The van der Waals surface area contributed by atoms with Gasteiger partial charge in [-0.2, -0.15) is 5.26 Å². The molecule has 1 saturated heterocycles. The SMILES string of the molecule is N#CSC/C(N)=C/Nc1cc(F)c(N2CCS(=O)(=O)CC2)c(F)c1. The van der Waals surface area contributed by atoms with Crippen LogP contribution in [0.2, 0.25) is 0 Å². The van der Waals surface area contributed by atoms with E-state index in [0.717, 1.165) is 23.9 Å². The zero-order valence-corrected chi connectivity index (χ0v) is 14.3. The fourth-order valence-corrected chi connectivity index (χ4v) is 3.74. The van der Waals surface area contributed by atoms with Crippen molar-refractivity contribution in [2.75, 3.05) is 40.6 Å². The predicted octanol–water partition coefficient (Wildman–Crippen LogP) is 1.63. The van der Waals surface area contributed by atoms with Crippen LogP contribution >= 0.6 is 11.8 Å². The lowest BCUT2D eigenvalue weighted by molar-refractivity contribution is 0.562. The Kier molecular flexibility index (Phi) is 5.90. The standard InChI is InChI=1S/C14H16F2N4O2S2/c15-12-5-11(19-7-10(18)8-23-9-17)6-13(16)14(12)20-1-3-24(21,22)4-2-20/h5-7,19H,1-4,8,18H2/b10-7-. The molecule has 0 radical (unpaired) electrons. The summed E-state index contributed by atoms with van der Waals surface area (Å²) in [4.78, 5) is 1.39. The van der Waals surface area contributed by atoms with Crippen LogP contribution in [0.1, 0.15) is 0 Å². The lowest BCUT2D eigenvalue weighted by Crippen LogP contribution is -2.41. The molecule has 0 aromatic heterocycles. The van der Waals surface area contributed by atoms with E-state index in [9.17, 15) is 17.2 Å². The molecule has 10 heteroatoms. The molecule has 6 nitrogen and oxygen atoms in total. The maximum absolute atomic E-state index is 14.2. The molecular formula is C14H16F2N4O2S2. The molecule has 0 bridgehead atoms. The van der Waals surface area contributed by atoms with Gasteiger partial charge in [0.2, 0.25) is 0 Å². The van der Waals surface area contributed by atoms with E-state index >= 15 is 0 Å². The number of nitrogens with one attached hydrogen (secondary N) is 1. The first-order valence-corrected chi connectivity index (χ1v) is 9.79. The number of hydrogen-bond donors (Lipinski definition) is 2. The molecule has 0 aliphatic carbocycles. The Bertz CT molecular complexity index is 753. The third-order valence-corrected chi connectivity index (χ3v) is 5.62. The van der Waals surface area contributed by atoms with E-state index in [-0.39, 0.29) is 41.7 Å². The van der Waals surface area contributed by atoms with Crippen molar-refractivity contribution in [3.8, 4) is 5.40 Å². The molecule has 1 heterocycles. The first-order valence-electron chi connectivity index (χ1n) is 6.99. The van der Waals surface area contributed by atoms with Crippen molar-refractivity contribution in [1.29, 1.82) is 5.26 Å². The second-order valence-electron chi connectivity index (χ2n) is 5.17. The number of nitriles is 1. The highest BCUT2D eigenvalue weighted by molar-refractivity contribution is 8.03. The molecule has 1 aliphatic heterocycles. The van der Waals surface area contributed by atoms with Crippen LogP contribution in [0, 0.1) is 22.3 Å². The molecule has 1 aromatic carbocycles. The van der Waals surface area contributed by atoms with Crippen LogP contribution in [0.5, 0.6) is 0 Å². The largest absolute Gasteiger partial charge is 0.400 e. The Morgan fingerprint density at radius 1 is 1.38 bits per heavy atom. The third kappa shape index (κ3) is 4.75. The minimum atomic E-state index is -3.13. The fraction of sp³-hybridized carbons (Fsp3) is 0.357. The van der Waals surface area contributed by atoms with Gasteiger partial charge in [0.15, 0.2) is 21.5 Å². The third-order valence-electron chi connectivity index (χ3n) is 3.41. The van der Waals surface area contributed by atoms with Gasteiger partial charge < -0.3 is 16.0 Å². The topological polar surface area (TPSA) is 99.2 Å². The van der Waals surface area contributed by atoms with Gasteiger partial charge in [-0.1, -0.05) is 0 Å². The highest BCUT2D eigenvalue weighted by atomic mass is 32.2. The molecule has 1 aromatic rings. The lowest BCUT2D eigenvalue weighted by atomic mass is 10.2. The summed E-state index contributed by atoms with van der Waals surface area (Å²) < 4.78 is 51.3. The number of nitrogens with two attached hydrogens (primary N) is 1. The van der Waals surface area contributed by atoms with E-state index in [4.69, 9.17) is 11.0 Å². The van der Waals surface area contributed by atoms with E-state index in [2.05, 4.69) is 5.32 Å². The first-order chi connectivity index (χ1) is 11.3. The van der Waals surface area contributed by atoms with E-state index in [0.29, 0.717) is 5.70 Å². The zero-order valence-electron chi connectivity index (χ0n) is 12.6. The Morgan fingerprint density at radius 3 is 2.50 bits per heavy atom. The number of nitrogens with zero attached hydrogens (tertiary/aromatic N) is 2. The second kappa shape index (κ2) is 7.72. The molecule has 24 heavy (non-hydrogen) atoms. The number of thiocyanates is 1. The average molecular weight is 374 g/mol. The summed E-state index contributed by atoms with van der Waals surface area (Å²) in [6.45, 7) is 0.113. The van der Waals surface area contributed by atoms with E-state index < -0.39 is 21.5 Å². The summed E-state index contributed by atoms with van der Waals surface area (Å²) in [7, 11) is -3.13. The minimum Gasteiger partial charge on any atom is -0.400 e. The molecule has 0 spiro atoms. The number of rotatable bonds is 5. The smallest absolute Gasteiger partial charge is 0.153 e. The maximum Gasteiger partial charge on any atom is 0.153 e. The van der Waals surface area contributed by atoms with E-state index in [1.807, 2.05) is 5.40 Å². The van der Waals surface area contributed by atoms with Gasteiger partial charge in [0.25, 0.3) is 0 Å². The summed E-state index contributed by atoms with van der Waals surface area (Å²) in [6, 6.07) is 2.23. The van der Waals surface area contributed by atoms with Crippen LogP contribution < -0.4 is 16.0 Å². The van der Waals surface area contributed by atoms with Gasteiger partial charge in [-0.15, -0.1) is 0 Å². The Labute approximate surface area is 143 Å². The lowest BCUT2D eigenvalue weighted by Gasteiger charge is -2.29. The van der Waals surface area contributed by atoms with Crippen LogP contribution in [0.3, 0.4) is 0 Å². The average Bonchev–Trinajstić information content (AvgIpc) is 2.51. The monoisotopic (exact) mass is 374 g/mol. The zero-order chi connectivity index (χ0) is 17.7. The Hall–Kier alpha value is -1.99. The van der Waals surface area contributed by atoms with Crippen LogP contribution in [0.25, 0.3) is 0 Å². The number of thioether (sulfide) groups is 1. The van der Waals surface area contributed by atoms with Crippen molar-refractivity contribution in [1.82, 2.24) is 0 Å². The van der Waals surface area contributed by atoms with Crippen molar-refractivity contribution in [3.05, 3.63) is 35.7 Å². The summed E-state index contributed by atoms with van der Waals surface area (Å²) in [5, 5.41) is 13.0. The molecule has 0 unspecified atom stereocenters. The first kappa shape index (κ1) is 18.4. The molecule has 2 rings (SSSR count). The van der Waals surface area contributed by atoms with Crippen molar-refractivity contribution < 1.29 is 17.2 Å². The number of sulfone groups is 1.